The molecule has 0 bridgehead atoms. The van der Waals surface area contributed by atoms with Gasteiger partial charge >= 0.3 is 18.1 Å². The third kappa shape index (κ3) is 8.51. The number of piperidine rings is 1. The fourth-order valence-electron chi connectivity index (χ4n) is 1.68. The molecule has 0 saturated carbocycles. The zero-order valence-electron chi connectivity index (χ0n) is 11.9. The van der Waals surface area contributed by atoms with E-state index in [4.69, 9.17) is 19.4 Å². The molecule has 1 aliphatic heterocycles. The minimum atomic E-state index is -5.08. The summed E-state index contributed by atoms with van der Waals surface area (Å²) < 4.78 is 42.1. The average molecular weight is 315 g/mol. The number of carbonyl (C=O) groups is 2. The van der Waals surface area contributed by atoms with Crippen molar-refractivity contribution in [1.82, 2.24) is 5.32 Å². The number of ether oxygens (including phenoxy) is 2. The van der Waals surface area contributed by atoms with E-state index in [1.54, 1.807) is 0 Å². The molecule has 9 heteroatoms. The highest BCUT2D eigenvalue weighted by atomic mass is 19.4. The lowest BCUT2D eigenvalue weighted by atomic mass is 9.97. The van der Waals surface area contributed by atoms with E-state index in [1.807, 2.05) is 13.8 Å². The maximum absolute atomic E-state index is 11.4. The van der Waals surface area contributed by atoms with Crippen LogP contribution >= 0.6 is 0 Å². The van der Waals surface area contributed by atoms with Crippen LogP contribution in [0.25, 0.3) is 0 Å². The van der Waals surface area contributed by atoms with Crippen LogP contribution in [0.15, 0.2) is 0 Å². The number of carbonyl (C=O) groups excluding carboxylic acids is 1. The quantitative estimate of drug-likeness (QED) is 0.766. The third-order valence-electron chi connectivity index (χ3n) is 2.59. The first-order chi connectivity index (χ1) is 9.72. The highest BCUT2D eigenvalue weighted by Gasteiger charge is 2.38. The Hall–Kier alpha value is -1.35. The van der Waals surface area contributed by atoms with Crippen LogP contribution in [-0.4, -0.2) is 49.2 Å². The number of esters is 1. The Labute approximate surface area is 120 Å². The zero-order chi connectivity index (χ0) is 16.5. The van der Waals surface area contributed by atoms with Crippen LogP contribution in [0.3, 0.4) is 0 Å². The van der Waals surface area contributed by atoms with Crippen molar-refractivity contribution in [3.8, 4) is 0 Å². The second-order valence-electron chi connectivity index (χ2n) is 4.17. The molecule has 6 nitrogen and oxygen atoms in total. The van der Waals surface area contributed by atoms with E-state index >= 15 is 0 Å². The molecule has 0 amide bonds. The molecular formula is C12H20F3NO5. The van der Waals surface area contributed by atoms with E-state index in [2.05, 4.69) is 5.32 Å². The van der Waals surface area contributed by atoms with E-state index in [0.717, 1.165) is 19.4 Å². The fourth-order valence-corrected chi connectivity index (χ4v) is 1.68. The fraction of sp³-hybridized carbons (Fsp3) is 0.833. The number of alkyl halides is 3. The predicted octanol–water partition coefficient (Wildman–Crippen LogP) is 1.54. The molecule has 21 heavy (non-hydrogen) atoms. The number of carboxylic acid groups (broad SMARTS) is 1. The zero-order valence-corrected chi connectivity index (χ0v) is 11.9. The topological polar surface area (TPSA) is 84.9 Å². The largest absolute Gasteiger partial charge is 0.490 e. The molecule has 1 rings (SSSR count). The summed E-state index contributed by atoms with van der Waals surface area (Å²) in [7, 11) is 0. The lowest BCUT2D eigenvalue weighted by Crippen LogP contribution is -2.42. The van der Waals surface area contributed by atoms with E-state index < -0.39 is 12.1 Å². The van der Waals surface area contributed by atoms with Gasteiger partial charge in [-0.3, -0.25) is 10.1 Å². The summed E-state index contributed by atoms with van der Waals surface area (Å²) in [6.07, 6.45) is -3.49. The van der Waals surface area contributed by atoms with Gasteiger partial charge < -0.3 is 14.6 Å². The number of hydrogen-bond acceptors (Lipinski definition) is 5. The lowest BCUT2D eigenvalue weighted by Gasteiger charge is -2.28. The summed E-state index contributed by atoms with van der Waals surface area (Å²) in [5.41, 5.74) is 0. The summed E-state index contributed by atoms with van der Waals surface area (Å²) in [6.45, 7) is 5.75. The van der Waals surface area contributed by atoms with E-state index in [-0.39, 0.29) is 18.1 Å². The highest BCUT2D eigenvalue weighted by molar-refractivity contribution is 5.73. The second-order valence-corrected chi connectivity index (χ2v) is 4.17. The van der Waals surface area contributed by atoms with Crippen LogP contribution in [0, 0.1) is 5.92 Å². The van der Waals surface area contributed by atoms with Gasteiger partial charge in [-0.2, -0.15) is 13.2 Å². The number of halogens is 3. The average Bonchev–Trinajstić information content (AvgIpc) is 2.39. The molecule has 0 aromatic carbocycles. The molecule has 0 aromatic rings. The molecule has 0 aliphatic carbocycles. The number of aliphatic carboxylic acids is 1. The summed E-state index contributed by atoms with van der Waals surface area (Å²) in [6, 6.07) is 0. The van der Waals surface area contributed by atoms with Crippen LogP contribution in [0.5, 0.6) is 0 Å². The van der Waals surface area contributed by atoms with Crippen LogP contribution in [0.1, 0.15) is 26.7 Å². The molecule has 2 N–H and O–H groups in total. The smallest absolute Gasteiger partial charge is 0.475 e. The summed E-state index contributed by atoms with van der Waals surface area (Å²) in [5, 5.41) is 10.3. The number of nitrogens with one attached hydrogen (secondary N) is 1. The van der Waals surface area contributed by atoms with Gasteiger partial charge in [0.25, 0.3) is 0 Å². The lowest BCUT2D eigenvalue weighted by molar-refractivity contribution is -0.192. The maximum atomic E-state index is 11.4. The van der Waals surface area contributed by atoms with Gasteiger partial charge in [0.05, 0.1) is 12.5 Å². The van der Waals surface area contributed by atoms with Crippen LogP contribution in [0.2, 0.25) is 0 Å². The molecule has 1 aliphatic rings. The SMILES string of the molecule is CCOC(=O)C1CCNC(OCC)C1.O=C(O)C(F)(F)F. The Balaban J connectivity index is 0.000000486. The minimum absolute atomic E-state index is 0.00718. The standard InChI is InChI=1S/C10H19NO3.C2HF3O2/c1-3-13-9-7-8(5-6-11-9)10(12)14-4-2;3-2(4,5)1(6)7/h8-9,11H,3-7H2,1-2H3;(H,6,7). The van der Waals surface area contributed by atoms with Gasteiger partial charge in [0, 0.05) is 13.0 Å². The molecular weight excluding hydrogens is 295 g/mol. The molecule has 124 valence electrons. The van der Waals surface area contributed by atoms with E-state index in [9.17, 15) is 18.0 Å². The monoisotopic (exact) mass is 315 g/mol. The minimum Gasteiger partial charge on any atom is -0.475 e. The summed E-state index contributed by atoms with van der Waals surface area (Å²) in [5.74, 6) is -2.83. The van der Waals surface area contributed by atoms with Crippen molar-refractivity contribution in [3.05, 3.63) is 0 Å². The number of hydrogen-bond donors (Lipinski definition) is 2. The maximum Gasteiger partial charge on any atom is 0.490 e. The molecule has 1 heterocycles. The van der Waals surface area contributed by atoms with Crippen molar-refractivity contribution in [3.63, 3.8) is 0 Å². The van der Waals surface area contributed by atoms with Crippen molar-refractivity contribution in [1.29, 1.82) is 0 Å². The molecule has 0 aromatic heterocycles. The number of carboxylic acids is 1. The van der Waals surface area contributed by atoms with Crippen LogP contribution in [-0.2, 0) is 19.1 Å². The Morgan fingerprint density at radius 3 is 2.29 bits per heavy atom. The predicted molar refractivity (Wildman–Crippen MR) is 66.5 cm³/mol. The van der Waals surface area contributed by atoms with Crippen LogP contribution in [0.4, 0.5) is 13.2 Å². The van der Waals surface area contributed by atoms with E-state index in [0.29, 0.717) is 13.2 Å². The van der Waals surface area contributed by atoms with Crippen molar-refractivity contribution in [2.75, 3.05) is 19.8 Å². The molecule has 2 unspecified atom stereocenters. The second kappa shape index (κ2) is 9.56. The van der Waals surface area contributed by atoms with Crippen LogP contribution < -0.4 is 5.32 Å². The summed E-state index contributed by atoms with van der Waals surface area (Å²) in [4.78, 5) is 20.3. The molecule has 1 fully saturated rings. The van der Waals surface area contributed by atoms with Gasteiger partial charge in [0.1, 0.15) is 6.23 Å². The first-order valence-electron chi connectivity index (χ1n) is 6.54. The first kappa shape index (κ1) is 19.7. The van der Waals surface area contributed by atoms with Gasteiger partial charge in [0.15, 0.2) is 0 Å². The summed E-state index contributed by atoms with van der Waals surface area (Å²) >= 11 is 0. The van der Waals surface area contributed by atoms with E-state index in [1.165, 1.54) is 0 Å². The molecule has 0 radical (unpaired) electrons. The molecule has 2 atom stereocenters. The van der Waals surface area contributed by atoms with Gasteiger partial charge in [-0.1, -0.05) is 0 Å². The first-order valence-corrected chi connectivity index (χ1v) is 6.54. The normalized spacial score (nSPS) is 22.0. The van der Waals surface area contributed by atoms with Crippen molar-refractivity contribution in [2.24, 2.45) is 5.92 Å². The Kier molecular flexibility index (Phi) is 8.95. The molecule has 0 spiro atoms. The van der Waals surface area contributed by atoms with Gasteiger partial charge in [-0.15, -0.1) is 0 Å². The van der Waals surface area contributed by atoms with Gasteiger partial charge in [0.2, 0.25) is 0 Å². The Bertz CT molecular complexity index is 333. The van der Waals surface area contributed by atoms with Crippen molar-refractivity contribution >= 4 is 11.9 Å². The van der Waals surface area contributed by atoms with Crippen molar-refractivity contribution < 1.29 is 37.3 Å². The Morgan fingerprint density at radius 2 is 1.86 bits per heavy atom. The van der Waals surface area contributed by atoms with Gasteiger partial charge in [-0.05, 0) is 26.8 Å². The molecule has 1 saturated heterocycles. The number of rotatable bonds is 4. The third-order valence-corrected chi connectivity index (χ3v) is 2.59. The Morgan fingerprint density at radius 1 is 1.29 bits per heavy atom. The highest BCUT2D eigenvalue weighted by Crippen LogP contribution is 2.18. The van der Waals surface area contributed by atoms with Gasteiger partial charge in [-0.25, -0.2) is 4.79 Å². The van der Waals surface area contributed by atoms with Crippen molar-refractivity contribution in [2.45, 2.75) is 39.1 Å².